The highest BCUT2D eigenvalue weighted by molar-refractivity contribution is 6.31. The molecule has 0 N–H and O–H groups in total. The number of hydrogen-bond donors (Lipinski definition) is 0. The van der Waals surface area contributed by atoms with Gasteiger partial charge in [-0.05, 0) is 36.8 Å². The van der Waals surface area contributed by atoms with Crippen molar-refractivity contribution in [3.8, 4) is 0 Å². The predicted octanol–water partition coefficient (Wildman–Crippen LogP) is 2.38. The lowest BCUT2D eigenvalue weighted by Crippen LogP contribution is -2.48. The molecule has 1 saturated carbocycles. The summed E-state index contributed by atoms with van der Waals surface area (Å²) in [5.74, 6) is 1.06. The van der Waals surface area contributed by atoms with Crippen molar-refractivity contribution in [2.45, 2.75) is 45.8 Å². The number of pyridine rings is 1. The second-order valence-electron chi connectivity index (χ2n) is 8.54. The van der Waals surface area contributed by atoms with Crippen molar-refractivity contribution in [1.29, 1.82) is 0 Å². The quantitative estimate of drug-likeness (QED) is 0.752. The Bertz CT molecular complexity index is 1010. The molecule has 0 unspecified atom stereocenters. The van der Waals surface area contributed by atoms with Crippen molar-refractivity contribution in [3.63, 3.8) is 0 Å². The van der Waals surface area contributed by atoms with Gasteiger partial charge in [-0.3, -0.25) is 9.59 Å². The second kappa shape index (κ2) is 7.13. The predicted molar refractivity (Wildman–Crippen MR) is 110 cm³/mol. The first kappa shape index (κ1) is 18.6. The summed E-state index contributed by atoms with van der Waals surface area (Å²) in [6.07, 6.45) is 7.98. The topological polar surface area (TPSA) is 71.3 Å². The van der Waals surface area contributed by atoms with Crippen molar-refractivity contribution >= 4 is 23.2 Å². The molecule has 29 heavy (non-hydrogen) atoms. The highest BCUT2D eigenvalue weighted by Gasteiger charge is 2.35. The first-order chi connectivity index (χ1) is 14.0. The lowest BCUT2D eigenvalue weighted by atomic mass is 9.95. The van der Waals surface area contributed by atoms with Crippen molar-refractivity contribution < 1.29 is 4.79 Å². The van der Waals surface area contributed by atoms with Crippen LogP contribution < -0.4 is 10.5 Å². The lowest BCUT2D eigenvalue weighted by molar-refractivity contribution is -0.133. The van der Waals surface area contributed by atoms with E-state index in [9.17, 15) is 9.59 Å². The number of amides is 1. The van der Waals surface area contributed by atoms with Gasteiger partial charge < -0.3 is 14.4 Å². The van der Waals surface area contributed by atoms with E-state index in [2.05, 4.69) is 14.9 Å². The minimum absolute atomic E-state index is 0.108. The maximum Gasteiger partial charge on any atom is 0.269 e. The normalized spacial score (nSPS) is 18.7. The van der Waals surface area contributed by atoms with Gasteiger partial charge in [0.15, 0.2) is 0 Å². The van der Waals surface area contributed by atoms with Gasteiger partial charge in [-0.15, -0.1) is 0 Å². The molecule has 2 aromatic heterocycles. The standard InChI is InChI=1S/C21H24ClN5O2/c1-13-17-10-26(11-18(17)27(9-14-2-3-14)21(29)20(13)22)19(28)4-15-7-25(8-15)16-5-23-12-24-6-16/h5-6,12,14-15H,2-4,7-11H2,1H3. The van der Waals surface area contributed by atoms with E-state index in [1.807, 2.05) is 16.4 Å². The minimum Gasteiger partial charge on any atom is -0.368 e. The Kier molecular flexibility index (Phi) is 4.57. The first-order valence-corrected chi connectivity index (χ1v) is 10.6. The van der Waals surface area contributed by atoms with E-state index < -0.39 is 0 Å². The van der Waals surface area contributed by atoms with Crippen molar-refractivity contribution in [2.75, 3.05) is 18.0 Å². The van der Waals surface area contributed by atoms with E-state index in [1.54, 1.807) is 12.4 Å². The Labute approximate surface area is 174 Å². The molecule has 0 aromatic carbocycles. The molecular formula is C21H24ClN5O2. The van der Waals surface area contributed by atoms with Crippen LogP contribution >= 0.6 is 11.6 Å². The third-order valence-electron chi connectivity index (χ3n) is 6.40. The smallest absolute Gasteiger partial charge is 0.269 e. The molecule has 1 saturated heterocycles. The summed E-state index contributed by atoms with van der Waals surface area (Å²) in [4.78, 5) is 37.8. The van der Waals surface area contributed by atoms with E-state index in [-0.39, 0.29) is 11.5 Å². The van der Waals surface area contributed by atoms with Crippen molar-refractivity contribution in [1.82, 2.24) is 19.4 Å². The summed E-state index contributed by atoms with van der Waals surface area (Å²) >= 11 is 6.34. The average Bonchev–Trinajstić information content (AvgIpc) is 3.41. The summed E-state index contributed by atoms with van der Waals surface area (Å²) in [6.45, 7) is 5.36. The maximum atomic E-state index is 12.9. The van der Waals surface area contributed by atoms with E-state index in [4.69, 9.17) is 11.6 Å². The summed E-state index contributed by atoms with van der Waals surface area (Å²) in [7, 11) is 0. The molecule has 1 aliphatic carbocycles. The molecule has 4 heterocycles. The highest BCUT2D eigenvalue weighted by Crippen LogP contribution is 2.34. The van der Waals surface area contributed by atoms with Crippen LogP contribution in [0.3, 0.4) is 0 Å². The number of hydrogen-bond acceptors (Lipinski definition) is 5. The monoisotopic (exact) mass is 413 g/mol. The molecule has 3 aliphatic rings. The van der Waals surface area contributed by atoms with Crippen molar-refractivity contribution in [3.05, 3.63) is 50.9 Å². The van der Waals surface area contributed by atoms with Gasteiger partial charge in [0.25, 0.3) is 5.56 Å². The molecule has 5 rings (SSSR count). The Morgan fingerprint density at radius 3 is 2.59 bits per heavy atom. The van der Waals surface area contributed by atoms with Crippen LogP contribution in [-0.2, 0) is 24.4 Å². The number of halogens is 1. The number of aromatic nitrogens is 3. The fourth-order valence-electron chi connectivity index (χ4n) is 4.40. The molecule has 0 radical (unpaired) electrons. The molecule has 2 aliphatic heterocycles. The molecule has 0 atom stereocenters. The number of fused-ring (bicyclic) bond motifs is 1. The van der Waals surface area contributed by atoms with Gasteiger partial charge in [0.1, 0.15) is 11.3 Å². The van der Waals surface area contributed by atoms with Crippen LogP contribution in [0.25, 0.3) is 0 Å². The molecule has 2 aromatic rings. The lowest BCUT2D eigenvalue weighted by Gasteiger charge is -2.40. The summed E-state index contributed by atoms with van der Waals surface area (Å²) < 4.78 is 1.83. The second-order valence-corrected chi connectivity index (χ2v) is 8.92. The maximum absolute atomic E-state index is 12.9. The van der Waals surface area contributed by atoms with E-state index in [1.165, 1.54) is 19.2 Å². The van der Waals surface area contributed by atoms with Gasteiger partial charge in [-0.1, -0.05) is 11.6 Å². The van der Waals surface area contributed by atoms with E-state index >= 15 is 0 Å². The van der Waals surface area contributed by atoms with Gasteiger partial charge in [0.05, 0.1) is 24.6 Å². The van der Waals surface area contributed by atoms with E-state index in [0.29, 0.717) is 36.4 Å². The fourth-order valence-corrected chi connectivity index (χ4v) is 4.62. The number of carbonyl (C=O) groups is 1. The Morgan fingerprint density at radius 2 is 1.90 bits per heavy atom. The largest absolute Gasteiger partial charge is 0.368 e. The zero-order valence-electron chi connectivity index (χ0n) is 16.5. The molecule has 0 bridgehead atoms. The van der Waals surface area contributed by atoms with Crippen LogP contribution in [0.1, 0.15) is 36.1 Å². The number of anilines is 1. The fraction of sp³-hybridized carbons (Fsp3) is 0.524. The third-order valence-corrected chi connectivity index (χ3v) is 6.85. The minimum atomic E-state index is -0.108. The zero-order chi connectivity index (χ0) is 20.1. The van der Waals surface area contributed by atoms with Crippen LogP contribution in [0.4, 0.5) is 5.69 Å². The average molecular weight is 414 g/mol. The van der Waals surface area contributed by atoms with Crippen molar-refractivity contribution in [2.24, 2.45) is 11.8 Å². The Balaban J connectivity index is 1.26. The Morgan fingerprint density at radius 1 is 1.17 bits per heavy atom. The Hall–Kier alpha value is -2.41. The van der Waals surface area contributed by atoms with Gasteiger partial charge >= 0.3 is 0 Å². The van der Waals surface area contributed by atoms with Gasteiger partial charge in [0.2, 0.25) is 5.91 Å². The highest BCUT2D eigenvalue weighted by atomic mass is 35.5. The molecule has 7 nitrogen and oxygen atoms in total. The summed E-state index contributed by atoms with van der Waals surface area (Å²) in [6, 6.07) is 0. The molecule has 152 valence electrons. The first-order valence-electron chi connectivity index (χ1n) is 10.2. The van der Waals surface area contributed by atoms with Crippen LogP contribution in [0, 0.1) is 18.8 Å². The van der Waals surface area contributed by atoms with Crippen LogP contribution in [0.2, 0.25) is 5.02 Å². The molecule has 1 amide bonds. The third kappa shape index (κ3) is 3.41. The number of nitrogens with zero attached hydrogens (tertiary/aromatic N) is 5. The van der Waals surface area contributed by atoms with Crippen LogP contribution in [0.5, 0.6) is 0 Å². The van der Waals surface area contributed by atoms with Crippen LogP contribution in [-0.4, -0.2) is 38.4 Å². The van der Waals surface area contributed by atoms with Gasteiger partial charge in [-0.2, -0.15) is 0 Å². The molecule has 2 fully saturated rings. The van der Waals surface area contributed by atoms with Gasteiger partial charge in [0, 0.05) is 44.2 Å². The molecule has 0 spiro atoms. The van der Waals surface area contributed by atoms with E-state index in [0.717, 1.165) is 42.1 Å². The number of rotatable bonds is 5. The molecule has 8 heteroatoms. The van der Waals surface area contributed by atoms with Gasteiger partial charge in [-0.25, -0.2) is 9.97 Å². The zero-order valence-corrected chi connectivity index (χ0v) is 17.2. The molecular weight excluding hydrogens is 390 g/mol. The van der Waals surface area contributed by atoms with Crippen LogP contribution in [0.15, 0.2) is 23.5 Å². The summed E-state index contributed by atoms with van der Waals surface area (Å²) in [5.41, 5.74) is 3.75. The SMILES string of the molecule is Cc1c2c(n(CC3CC3)c(=O)c1Cl)CN(C(=O)CC1CN(c3cncnc3)C1)C2. The number of carbonyl (C=O) groups excluding carboxylic acids is 1. The summed E-state index contributed by atoms with van der Waals surface area (Å²) in [5, 5.41) is 0.304.